The summed E-state index contributed by atoms with van der Waals surface area (Å²) in [6.45, 7) is 2.75. The van der Waals surface area contributed by atoms with Gasteiger partial charge in [-0.05, 0) is 36.7 Å². The Labute approximate surface area is 129 Å². The fourth-order valence-electron chi connectivity index (χ4n) is 2.48. The number of nitrogens with two attached hydrogens (primary N) is 1. The Hall–Kier alpha value is -1.78. The van der Waals surface area contributed by atoms with Gasteiger partial charge in [-0.15, -0.1) is 0 Å². The number of hydrogen-bond donors (Lipinski definition) is 2. The third kappa shape index (κ3) is 3.46. The molecule has 2 aromatic rings. The van der Waals surface area contributed by atoms with Crippen molar-refractivity contribution in [3.63, 3.8) is 0 Å². The number of anilines is 1. The molecule has 1 aliphatic rings. The number of benzene rings is 1. The van der Waals surface area contributed by atoms with Crippen molar-refractivity contribution < 1.29 is 4.74 Å². The SMILES string of the molecule is Nc1cccc(-c2ccc(OCC3CCNC3)nc2Cl)c1. The van der Waals surface area contributed by atoms with Crippen LogP contribution in [0.15, 0.2) is 36.4 Å². The molecular formula is C16H18ClN3O. The number of halogens is 1. The van der Waals surface area contributed by atoms with Crippen LogP contribution < -0.4 is 15.8 Å². The van der Waals surface area contributed by atoms with E-state index in [-0.39, 0.29) is 0 Å². The quantitative estimate of drug-likeness (QED) is 0.673. The molecule has 1 aliphatic heterocycles. The maximum absolute atomic E-state index is 6.27. The standard InChI is InChI=1S/C16H18ClN3O/c17-16-14(12-2-1-3-13(18)8-12)4-5-15(20-16)21-10-11-6-7-19-9-11/h1-5,8,11,19H,6-7,9-10,18H2. The molecule has 0 radical (unpaired) electrons. The van der Waals surface area contributed by atoms with Crippen LogP contribution >= 0.6 is 11.6 Å². The molecule has 0 bridgehead atoms. The van der Waals surface area contributed by atoms with Gasteiger partial charge in [-0.25, -0.2) is 4.98 Å². The third-order valence-corrected chi connectivity index (χ3v) is 3.94. The first-order chi connectivity index (χ1) is 10.2. The highest BCUT2D eigenvalue weighted by Crippen LogP contribution is 2.29. The summed E-state index contributed by atoms with van der Waals surface area (Å²) >= 11 is 6.27. The van der Waals surface area contributed by atoms with E-state index in [1.807, 2.05) is 36.4 Å². The highest BCUT2D eigenvalue weighted by molar-refractivity contribution is 6.32. The van der Waals surface area contributed by atoms with Crippen LogP contribution in [0.4, 0.5) is 5.69 Å². The summed E-state index contributed by atoms with van der Waals surface area (Å²) in [6, 6.07) is 11.4. The number of ether oxygens (including phenoxy) is 1. The van der Waals surface area contributed by atoms with Crippen molar-refractivity contribution in [3.8, 4) is 17.0 Å². The van der Waals surface area contributed by atoms with Crippen molar-refractivity contribution in [2.75, 3.05) is 25.4 Å². The van der Waals surface area contributed by atoms with Gasteiger partial charge in [0.05, 0.1) is 6.61 Å². The Morgan fingerprint density at radius 1 is 1.33 bits per heavy atom. The van der Waals surface area contributed by atoms with Crippen molar-refractivity contribution >= 4 is 17.3 Å². The van der Waals surface area contributed by atoms with Gasteiger partial charge >= 0.3 is 0 Å². The molecule has 1 atom stereocenters. The van der Waals surface area contributed by atoms with Gasteiger partial charge < -0.3 is 15.8 Å². The normalized spacial score (nSPS) is 17.9. The fourth-order valence-corrected chi connectivity index (χ4v) is 2.73. The molecule has 3 N–H and O–H groups in total. The van der Waals surface area contributed by atoms with Gasteiger partial charge in [0, 0.05) is 29.8 Å². The highest BCUT2D eigenvalue weighted by Gasteiger charge is 2.15. The van der Waals surface area contributed by atoms with Crippen molar-refractivity contribution in [2.24, 2.45) is 5.92 Å². The van der Waals surface area contributed by atoms with Crippen LogP contribution in [0.2, 0.25) is 5.15 Å². The lowest BCUT2D eigenvalue weighted by atomic mass is 10.1. The molecule has 1 saturated heterocycles. The van der Waals surface area contributed by atoms with Gasteiger partial charge in [-0.2, -0.15) is 0 Å². The molecule has 3 rings (SSSR count). The van der Waals surface area contributed by atoms with Crippen LogP contribution in [0.1, 0.15) is 6.42 Å². The van der Waals surface area contributed by atoms with Crippen LogP contribution in [0.5, 0.6) is 5.88 Å². The van der Waals surface area contributed by atoms with E-state index < -0.39 is 0 Å². The number of pyridine rings is 1. The summed E-state index contributed by atoms with van der Waals surface area (Å²) < 4.78 is 5.73. The lowest BCUT2D eigenvalue weighted by Gasteiger charge is -2.11. The topological polar surface area (TPSA) is 60.2 Å². The smallest absolute Gasteiger partial charge is 0.214 e. The number of nitrogens with zero attached hydrogens (tertiary/aromatic N) is 1. The average Bonchev–Trinajstić information content (AvgIpc) is 2.98. The fraction of sp³-hybridized carbons (Fsp3) is 0.312. The van der Waals surface area contributed by atoms with Gasteiger partial charge in [-0.1, -0.05) is 23.7 Å². The number of hydrogen-bond acceptors (Lipinski definition) is 4. The summed E-state index contributed by atoms with van der Waals surface area (Å²) in [4.78, 5) is 4.32. The molecule has 1 aromatic carbocycles. The van der Waals surface area contributed by atoms with E-state index in [0.29, 0.717) is 29.2 Å². The van der Waals surface area contributed by atoms with Crippen LogP contribution in [0, 0.1) is 5.92 Å². The summed E-state index contributed by atoms with van der Waals surface area (Å²) in [6.07, 6.45) is 1.15. The lowest BCUT2D eigenvalue weighted by Crippen LogP contribution is -2.15. The Bertz CT molecular complexity index is 627. The van der Waals surface area contributed by atoms with E-state index in [4.69, 9.17) is 22.1 Å². The van der Waals surface area contributed by atoms with E-state index in [0.717, 1.165) is 30.6 Å². The predicted octanol–water partition coefficient (Wildman–Crippen LogP) is 2.97. The summed E-state index contributed by atoms with van der Waals surface area (Å²) in [5.41, 5.74) is 8.32. The van der Waals surface area contributed by atoms with Crippen molar-refractivity contribution in [2.45, 2.75) is 6.42 Å². The highest BCUT2D eigenvalue weighted by atomic mass is 35.5. The van der Waals surface area contributed by atoms with Crippen molar-refractivity contribution in [1.82, 2.24) is 10.3 Å². The second-order valence-electron chi connectivity index (χ2n) is 5.28. The zero-order valence-electron chi connectivity index (χ0n) is 11.7. The minimum absolute atomic E-state index is 0.433. The monoisotopic (exact) mass is 303 g/mol. The second kappa shape index (κ2) is 6.33. The minimum atomic E-state index is 0.433. The second-order valence-corrected chi connectivity index (χ2v) is 5.64. The zero-order valence-corrected chi connectivity index (χ0v) is 12.4. The molecule has 21 heavy (non-hydrogen) atoms. The first-order valence-electron chi connectivity index (χ1n) is 7.08. The molecule has 0 amide bonds. The maximum Gasteiger partial charge on any atom is 0.214 e. The Kier molecular flexibility index (Phi) is 4.27. The number of rotatable bonds is 4. The van der Waals surface area contributed by atoms with Gasteiger partial charge in [0.25, 0.3) is 0 Å². The lowest BCUT2D eigenvalue weighted by molar-refractivity contribution is 0.251. The molecule has 2 heterocycles. The molecule has 1 unspecified atom stereocenters. The van der Waals surface area contributed by atoms with Gasteiger partial charge in [0.2, 0.25) is 5.88 Å². The molecule has 4 nitrogen and oxygen atoms in total. The average molecular weight is 304 g/mol. The van der Waals surface area contributed by atoms with Gasteiger partial charge in [-0.3, -0.25) is 0 Å². The molecule has 1 fully saturated rings. The molecule has 1 aromatic heterocycles. The largest absolute Gasteiger partial charge is 0.477 e. The maximum atomic E-state index is 6.27. The van der Waals surface area contributed by atoms with Crippen LogP contribution in [0.25, 0.3) is 11.1 Å². The Balaban J connectivity index is 1.73. The molecule has 0 aliphatic carbocycles. The molecule has 0 spiro atoms. The number of nitrogens with one attached hydrogen (secondary N) is 1. The van der Waals surface area contributed by atoms with E-state index in [2.05, 4.69) is 10.3 Å². The van der Waals surface area contributed by atoms with Crippen molar-refractivity contribution in [1.29, 1.82) is 0 Å². The number of aromatic nitrogens is 1. The molecule has 110 valence electrons. The Morgan fingerprint density at radius 3 is 2.95 bits per heavy atom. The third-order valence-electron chi connectivity index (χ3n) is 3.65. The molecular weight excluding hydrogens is 286 g/mol. The van der Waals surface area contributed by atoms with Crippen LogP contribution in [-0.4, -0.2) is 24.7 Å². The van der Waals surface area contributed by atoms with Crippen LogP contribution in [-0.2, 0) is 0 Å². The first-order valence-corrected chi connectivity index (χ1v) is 7.46. The molecule has 0 saturated carbocycles. The Morgan fingerprint density at radius 2 is 2.24 bits per heavy atom. The minimum Gasteiger partial charge on any atom is -0.477 e. The van der Waals surface area contributed by atoms with E-state index in [9.17, 15) is 0 Å². The summed E-state index contributed by atoms with van der Waals surface area (Å²) in [5.74, 6) is 1.12. The number of nitrogen functional groups attached to an aromatic ring is 1. The first kappa shape index (κ1) is 14.2. The zero-order chi connectivity index (χ0) is 14.7. The predicted molar refractivity (Wildman–Crippen MR) is 85.6 cm³/mol. The van der Waals surface area contributed by atoms with Gasteiger partial charge in [0.15, 0.2) is 0 Å². The van der Waals surface area contributed by atoms with Crippen molar-refractivity contribution in [3.05, 3.63) is 41.6 Å². The van der Waals surface area contributed by atoms with Gasteiger partial charge in [0.1, 0.15) is 5.15 Å². The summed E-state index contributed by atoms with van der Waals surface area (Å²) in [7, 11) is 0. The van der Waals surface area contributed by atoms with E-state index in [1.54, 1.807) is 0 Å². The molecule has 5 heteroatoms. The summed E-state index contributed by atoms with van der Waals surface area (Å²) in [5, 5.41) is 3.75. The van der Waals surface area contributed by atoms with E-state index in [1.165, 1.54) is 0 Å². The van der Waals surface area contributed by atoms with E-state index >= 15 is 0 Å². The van der Waals surface area contributed by atoms with Crippen LogP contribution in [0.3, 0.4) is 0 Å².